The van der Waals surface area contributed by atoms with Crippen molar-refractivity contribution in [2.45, 2.75) is 58.4 Å². The third-order valence-electron chi connectivity index (χ3n) is 4.59. The summed E-state index contributed by atoms with van der Waals surface area (Å²) in [5.41, 5.74) is 0. The van der Waals surface area contributed by atoms with E-state index in [1.165, 1.54) is 0 Å². The fourth-order valence-electron chi connectivity index (χ4n) is 2.85. The Balaban J connectivity index is 2.60. The summed E-state index contributed by atoms with van der Waals surface area (Å²) in [6, 6.07) is 0.201. The van der Waals surface area contributed by atoms with Gasteiger partial charge in [0.05, 0.1) is 0 Å². The highest BCUT2D eigenvalue weighted by atomic mass is 16.2. The van der Waals surface area contributed by atoms with Crippen molar-refractivity contribution >= 4 is 11.8 Å². The second-order valence-corrected chi connectivity index (χ2v) is 6.45. The molecule has 1 rings (SSSR count). The van der Waals surface area contributed by atoms with Gasteiger partial charge < -0.3 is 14.7 Å². The lowest BCUT2D eigenvalue weighted by atomic mass is 10.0. The van der Waals surface area contributed by atoms with E-state index in [0.717, 1.165) is 51.6 Å². The third-order valence-corrected chi connectivity index (χ3v) is 4.59. The van der Waals surface area contributed by atoms with Gasteiger partial charge in [0.25, 0.3) is 0 Å². The summed E-state index contributed by atoms with van der Waals surface area (Å²) in [6.45, 7) is 7.59. The zero-order valence-corrected chi connectivity index (χ0v) is 14.8. The number of likely N-dealkylation sites (tertiary alicyclic amines) is 1. The van der Waals surface area contributed by atoms with E-state index in [-0.39, 0.29) is 17.9 Å². The number of likely N-dealkylation sites (N-methyl/N-ethyl adjacent to an activating group) is 1. The Morgan fingerprint density at radius 1 is 1.00 bits per heavy atom. The van der Waals surface area contributed by atoms with Gasteiger partial charge in [-0.05, 0) is 45.8 Å². The van der Waals surface area contributed by atoms with Crippen LogP contribution in [0.4, 0.5) is 0 Å². The summed E-state index contributed by atoms with van der Waals surface area (Å²) < 4.78 is 0. The van der Waals surface area contributed by atoms with Crippen LogP contribution in [0.3, 0.4) is 0 Å². The van der Waals surface area contributed by atoms with Crippen molar-refractivity contribution in [2.24, 2.45) is 0 Å². The van der Waals surface area contributed by atoms with Crippen LogP contribution in [-0.4, -0.2) is 72.8 Å². The van der Waals surface area contributed by atoms with Crippen molar-refractivity contribution in [1.82, 2.24) is 14.7 Å². The molecule has 22 heavy (non-hydrogen) atoms. The van der Waals surface area contributed by atoms with Gasteiger partial charge in [0.2, 0.25) is 0 Å². The van der Waals surface area contributed by atoms with Crippen LogP contribution in [0, 0.1) is 0 Å². The summed E-state index contributed by atoms with van der Waals surface area (Å²) in [4.78, 5) is 30.7. The maximum absolute atomic E-state index is 12.5. The Labute approximate surface area is 135 Å². The zero-order valence-electron chi connectivity index (χ0n) is 14.8. The van der Waals surface area contributed by atoms with Crippen LogP contribution < -0.4 is 0 Å². The molecule has 0 radical (unpaired) electrons. The maximum atomic E-state index is 12.5. The van der Waals surface area contributed by atoms with E-state index in [0.29, 0.717) is 13.1 Å². The minimum atomic E-state index is -0.332. The molecule has 5 heteroatoms. The molecule has 1 fully saturated rings. The van der Waals surface area contributed by atoms with Gasteiger partial charge in [0.1, 0.15) is 0 Å². The molecule has 1 heterocycles. The van der Waals surface area contributed by atoms with Crippen molar-refractivity contribution in [3.63, 3.8) is 0 Å². The van der Waals surface area contributed by atoms with Crippen molar-refractivity contribution in [3.05, 3.63) is 0 Å². The average Bonchev–Trinajstić information content (AvgIpc) is 2.53. The molecule has 0 aromatic heterocycles. The van der Waals surface area contributed by atoms with Crippen molar-refractivity contribution in [2.75, 3.05) is 40.3 Å². The van der Waals surface area contributed by atoms with E-state index < -0.39 is 0 Å². The normalized spacial score (nSPS) is 16.5. The van der Waals surface area contributed by atoms with Crippen LogP contribution in [0.15, 0.2) is 0 Å². The lowest BCUT2D eigenvalue weighted by Gasteiger charge is -2.35. The highest BCUT2D eigenvalue weighted by Gasteiger charge is 2.30. The van der Waals surface area contributed by atoms with E-state index in [4.69, 9.17) is 0 Å². The predicted octanol–water partition coefficient (Wildman–Crippen LogP) is 1.97. The van der Waals surface area contributed by atoms with Gasteiger partial charge in [-0.15, -0.1) is 0 Å². The number of rotatable bonds is 7. The molecule has 0 spiro atoms. The number of unbranched alkanes of at least 4 members (excludes halogenated alkanes) is 2. The van der Waals surface area contributed by atoms with Crippen LogP contribution in [-0.2, 0) is 9.59 Å². The Kier molecular flexibility index (Phi) is 8.46. The highest BCUT2D eigenvalue weighted by Crippen LogP contribution is 2.15. The van der Waals surface area contributed by atoms with Gasteiger partial charge in [0.15, 0.2) is 0 Å². The van der Waals surface area contributed by atoms with Crippen LogP contribution in [0.2, 0.25) is 0 Å². The fourth-order valence-corrected chi connectivity index (χ4v) is 2.85. The molecule has 5 nitrogen and oxygen atoms in total. The summed E-state index contributed by atoms with van der Waals surface area (Å²) >= 11 is 0. The molecule has 0 N–H and O–H groups in total. The van der Waals surface area contributed by atoms with Gasteiger partial charge in [-0.25, -0.2) is 0 Å². The second-order valence-electron chi connectivity index (χ2n) is 6.45. The smallest absolute Gasteiger partial charge is 0.312 e. The number of carbonyl (C=O) groups is 2. The molecule has 0 aromatic carbocycles. The SMILES string of the molecule is CCCCN(CCCC)C(=O)C(=O)N(C)C1CCN(C)CC1. The first-order valence-electron chi connectivity index (χ1n) is 8.75. The predicted molar refractivity (Wildman–Crippen MR) is 89.7 cm³/mol. The van der Waals surface area contributed by atoms with Gasteiger partial charge in [-0.1, -0.05) is 26.7 Å². The fraction of sp³-hybridized carbons (Fsp3) is 0.882. The molecule has 0 aromatic rings. The van der Waals surface area contributed by atoms with Crippen molar-refractivity contribution < 1.29 is 9.59 Å². The quantitative estimate of drug-likeness (QED) is 0.675. The van der Waals surface area contributed by atoms with Gasteiger partial charge in [-0.3, -0.25) is 9.59 Å². The first-order valence-corrected chi connectivity index (χ1v) is 8.75. The lowest BCUT2D eigenvalue weighted by molar-refractivity contribution is -0.152. The second kappa shape index (κ2) is 9.82. The first-order chi connectivity index (χ1) is 10.5. The minimum Gasteiger partial charge on any atom is -0.334 e. The number of piperidine rings is 1. The van der Waals surface area contributed by atoms with Crippen LogP contribution >= 0.6 is 0 Å². The number of amides is 2. The topological polar surface area (TPSA) is 43.9 Å². The van der Waals surface area contributed by atoms with Crippen molar-refractivity contribution in [1.29, 1.82) is 0 Å². The molecule has 0 saturated carbocycles. The summed E-state index contributed by atoms with van der Waals surface area (Å²) in [6.07, 6.45) is 5.90. The average molecular weight is 311 g/mol. The minimum absolute atomic E-state index is 0.201. The first kappa shape index (κ1) is 18.9. The van der Waals surface area contributed by atoms with Crippen LogP contribution in [0.5, 0.6) is 0 Å². The number of nitrogens with zero attached hydrogens (tertiary/aromatic N) is 3. The Morgan fingerprint density at radius 3 is 1.95 bits per heavy atom. The van der Waals surface area contributed by atoms with E-state index in [1.807, 2.05) is 0 Å². The van der Waals surface area contributed by atoms with Gasteiger partial charge in [-0.2, -0.15) is 0 Å². The monoisotopic (exact) mass is 311 g/mol. The standard InChI is InChI=1S/C17H33N3O2/c1-5-7-11-20(12-8-6-2)17(22)16(21)19(4)15-9-13-18(3)14-10-15/h15H,5-14H2,1-4H3. The van der Waals surface area contributed by atoms with Crippen LogP contribution in [0.25, 0.3) is 0 Å². The number of carbonyl (C=O) groups excluding carboxylic acids is 2. The number of hydrogen-bond donors (Lipinski definition) is 0. The highest BCUT2D eigenvalue weighted by molar-refractivity contribution is 6.34. The molecule has 128 valence electrons. The molecule has 0 atom stereocenters. The van der Waals surface area contributed by atoms with Gasteiger partial charge >= 0.3 is 11.8 Å². The van der Waals surface area contributed by atoms with Crippen molar-refractivity contribution in [3.8, 4) is 0 Å². The van der Waals surface area contributed by atoms with E-state index in [1.54, 1.807) is 16.8 Å². The third kappa shape index (κ3) is 5.59. The Hall–Kier alpha value is -1.10. The van der Waals surface area contributed by atoms with E-state index in [2.05, 4.69) is 25.8 Å². The maximum Gasteiger partial charge on any atom is 0.312 e. The molecule has 1 aliphatic heterocycles. The van der Waals surface area contributed by atoms with E-state index >= 15 is 0 Å². The van der Waals surface area contributed by atoms with E-state index in [9.17, 15) is 9.59 Å². The van der Waals surface area contributed by atoms with Gasteiger partial charge in [0, 0.05) is 26.2 Å². The Bertz CT molecular complexity index is 344. The molecular weight excluding hydrogens is 278 g/mol. The summed E-state index contributed by atoms with van der Waals surface area (Å²) in [5, 5.41) is 0. The van der Waals surface area contributed by atoms with Crippen LogP contribution in [0.1, 0.15) is 52.4 Å². The molecule has 0 unspecified atom stereocenters. The molecule has 1 aliphatic rings. The number of hydrogen-bond acceptors (Lipinski definition) is 3. The molecule has 2 amide bonds. The Morgan fingerprint density at radius 2 is 1.50 bits per heavy atom. The molecular formula is C17H33N3O2. The zero-order chi connectivity index (χ0) is 16.5. The largest absolute Gasteiger partial charge is 0.334 e. The molecule has 0 aliphatic carbocycles. The summed E-state index contributed by atoms with van der Waals surface area (Å²) in [5.74, 6) is -0.648. The molecule has 1 saturated heterocycles. The summed E-state index contributed by atoms with van der Waals surface area (Å²) in [7, 11) is 3.88. The lowest BCUT2D eigenvalue weighted by Crippen LogP contribution is -2.50. The molecule has 0 bridgehead atoms.